The van der Waals surface area contributed by atoms with Crippen molar-refractivity contribution >= 4 is 17.0 Å². The lowest BCUT2D eigenvalue weighted by Crippen LogP contribution is -2.46. The molecule has 0 aliphatic carbocycles. The van der Waals surface area contributed by atoms with Crippen LogP contribution in [0, 0.1) is 0 Å². The van der Waals surface area contributed by atoms with Gasteiger partial charge >= 0.3 is 5.76 Å². The van der Waals surface area contributed by atoms with Crippen LogP contribution in [-0.4, -0.2) is 54.2 Å². The number of benzene rings is 1. The molecule has 2 fully saturated rings. The molecule has 2 aromatic rings. The molecule has 26 heavy (non-hydrogen) atoms. The standard InChI is InChI=1S/C19H25N3O4/c23-18(11-13-3-4-17-16(10-13)21-19(24)26-17)22-7-5-14(6-8-22)20-12-15-2-1-9-25-15/h3-4,10,14-15,20H,1-2,5-9,11-12H2,(H,21,24). The number of fused-ring (bicyclic) bond motifs is 1. The monoisotopic (exact) mass is 359 g/mol. The molecule has 0 radical (unpaired) electrons. The third-order valence-corrected chi connectivity index (χ3v) is 5.34. The van der Waals surface area contributed by atoms with Crippen molar-refractivity contribution < 1.29 is 13.9 Å². The number of amides is 1. The SMILES string of the molecule is O=C(Cc1ccc2oc(=O)[nH]c2c1)N1CCC(NCC2CCCO2)CC1. The van der Waals surface area contributed by atoms with Crippen LogP contribution < -0.4 is 11.1 Å². The fourth-order valence-electron chi connectivity index (χ4n) is 3.83. The average Bonchev–Trinajstić information content (AvgIpc) is 3.28. The van der Waals surface area contributed by atoms with Crippen molar-refractivity contribution in [2.75, 3.05) is 26.2 Å². The number of piperidine rings is 1. The predicted octanol–water partition coefficient (Wildman–Crippen LogP) is 1.42. The van der Waals surface area contributed by atoms with Crippen LogP contribution in [0.1, 0.15) is 31.2 Å². The molecule has 7 nitrogen and oxygen atoms in total. The first-order valence-electron chi connectivity index (χ1n) is 9.42. The van der Waals surface area contributed by atoms with Crippen molar-refractivity contribution in [2.24, 2.45) is 0 Å². The van der Waals surface area contributed by atoms with Crippen LogP contribution in [-0.2, 0) is 16.0 Å². The van der Waals surface area contributed by atoms with Crippen LogP contribution >= 0.6 is 0 Å². The van der Waals surface area contributed by atoms with Crippen molar-refractivity contribution in [1.82, 2.24) is 15.2 Å². The topological polar surface area (TPSA) is 87.6 Å². The fourth-order valence-corrected chi connectivity index (χ4v) is 3.83. The number of hydrogen-bond donors (Lipinski definition) is 2. The van der Waals surface area contributed by atoms with E-state index in [9.17, 15) is 9.59 Å². The van der Waals surface area contributed by atoms with Gasteiger partial charge in [0, 0.05) is 32.3 Å². The number of oxazole rings is 1. The fraction of sp³-hybridized carbons (Fsp3) is 0.579. The normalized spacial score (nSPS) is 21.5. The third kappa shape index (κ3) is 3.99. The minimum absolute atomic E-state index is 0.132. The molecule has 1 amide bonds. The van der Waals surface area contributed by atoms with Crippen molar-refractivity contribution in [2.45, 2.75) is 44.2 Å². The van der Waals surface area contributed by atoms with Crippen LogP contribution in [0.15, 0.2) is 27.4 Å². The summed E-state index contributed by atoms with van der Waals surface area (Å²) >= 11 is 0. The van der Waals surface area contributed by atoms with E-state index in [2.05, 4.69) is 10.3 Å². The number of carbonyl (C=O) groups excluding carboxylic acids is 1. The van der Waals surface area contributed by atoms with Gasteiger partial charge in [0.25, 0.3) is 0 Å². The molecule has 1 aromatic carbocycles. The zero-order valence-corrected chi connectivity index (χ0v) is 14.8. The number of nitrogens with zero attached hydrogens (tertiary/aromatic N) is 1. The summed E-state index contributed by atoms with van der Waals surface area (Å²) < 4.78 is 10.6. The van der Waals surface area contributed by atoms with Gasteiger partial charge in [0.15, 0.2) is 5.58 Å². The lowest BCUT2D eigenvalue weighted by Gasteiger charge is -2.33. The van der Waals surface area contributed by atoms with Crippen LogP contribution in [0.5, 0.6) is 0 Å². The second-order valence-corrected chi connectivity index (χ2v) is 7.22. The van der Waals surface area contributed by atoms with Crippen molar-refractivity contribution in [3.8, 4) is 0 Å². The van der Waals surface area contributed by atoms with E-state index in [1.54, 1.807) is 6.07 Å². The lowest BCUT2D eigenvalue weighted by molar-refractivity contribution is -0.131. The Hall–Kier alpha value is -2.12. The molecule has 2 saturated heterocycles. The van der Waals surface area contributed by atoms with Gasteiger partial charge in [-0.3, -0.25) is 9.78 Å². The van der Waals surface area contributed by atoms with E-state index in [-0.39, 0.29) is 5.91 Å². The maximum absolute atomic E-state index is 12.6. The molecule has 1 unspecified atom stereocenters. The number of ether oxygens (including phenoxy) is 1. The second-order valence-electron chi connectivity index (χ2n) is 7.22. The number of rotatable bonds is 5. The zero-order valence-electron chi connectivity index (χ0n) is 14.8. The highest BCUT2D eigenvalue weighted by molar-refractivity contribution is 5.81. The highest BCUT2D eigenvalue weighted by Crippen LogP contribution is 2.17. The Bertz CT molecular complexity index is 814. The number of carbonyl (C=O) groups is 1. The van der Waals surface area contributed by atoms with E-state index >= 15 is 0 Å². The quantitative estimate of drug-likeness (QED) is 0.843. The summed E-state index contributed by atoms with van der Waals surface area (Å²) in [6, 6.07) is 5.86. The summed E-state index contributed by atoms with van der Waals surface area (Å²) in [7, 11) is 0. The minimum atomic E-state index is -0.471. The summed E-state index contributed by atoms with van der Waals surface area (Å²) in [5.74, 6) is -0.339. The summed E-state index contributed by atoms with van der Waals surface area (Å²) in [6.45, 7) is 3.37. The number of likely N-dealkylation sites (tertiary alicyclic amines) is 1. The maximum Gasteiger partial charge on any atom is 0.417 e. The molecule has 0 bridgehead atoms. The Kier molecular flexibility index (Phi) is 5.08. The molecular formula is C19H25N3O4. The van der Waals surface area contributed by atoms with Gasteiger partial charge in [-0.2, -0.15) is 0 Å². The average molecular weight is 359 g/mol. The number of aromatic nitrogens is 1. The molecule has 2 aliphatic rings. The molecule has 0 saturated carbocycles. The Morgan fingerprint density at radius 1 is 1.27 bits per heavy atom. The predicted molar refractivity (Wildman–Crippen MR) is 97.1 cm³/mol. The molecule has 2 N–H and O–H groups in total. The number of aromatic amines is 1. The molecule has 1 atom stereocenters. The second kappa shape index (κ2) is 7.63. The Labute approximate surface area is 151 Å². The molecule has 3 heterocycles. The van der Waals surface area contributed by atoms with E-state index in [4.69, 9.17) is 9.15 Å². The molecule has 0 spiro atoms. The Morgan fingerprint density at radius 3 is 2.88 bits per heavy atom. The van der Waals surface area contributed by atoms with Crippen LogP contribution in [0.3, 0.4) is 0 Å². The van der Waals surface area contributed by atoms with Gasteiger partial charge in [-0.1, -0.05) is 6.07 Å². The molecular weight excluding hydrogens is 334 g/mol. The Morgan fingerprint density at radius 2 is 2.12 bits per heavy atom. The van der Waals surface area contributed by atoms with E-state index in [1.807, 2.05) is 17.0 Å². The first kappa shape index (κ1) is 17.3. The summed E-state index contributed by atoms with van der Waals surface area (Å²) in [6.07, 6.45) is 4.98. The minimum Gasteiger partial charge on any atom is -0.408 e. The Balaban J connectivity index is 1.26. The zero-order chi connectivity index (χ0) is 17.9. The van der Waals surface area contributed by atoms with Gasteiger partial charge in [-0.05, 0) is 43.4 Å². The molecule has 4 rings (SSSR count). The largest absolute Gasteiger partial charge is 0.417 e. The first-order chi connectivity index (χ1) is 12.7. The van der Waals surface area contributed by atoms with Crippen LogP contribution in [0.25, 0.3) is 11.1 Å². The number of nitrogens with one attached hydrogen (secondary N) is 2. The van der Waals surface area contributed by atoms with Crippen molar-refractivity contribution in [1.29, 1.82) is 0 Å². The number of H-pyrrole nitrogens is 1. The molecule has 2 aliphatic heterocycles. The highest BCUT2D eigenvalue weighted by atomic mass is 16.5. The molecule has 140 valence electrons. The summed E-state index contributed by atoms with van der Waals surface area (Å²) in [5.41, 5.74) is 2.04. The van der Waals surface area contributed by atoms with Crippen LogP contribution in [0.2, 0.25) is 0 Å². The number of hydrogen-bond acceptors (Lipinski definition) is 5. The van der Waals surface area contributed by atoms with Crippen LogP contribution in [0.4, 0.5) is 0 Å². The van der Waals surface area contributed by atoms with Crippen molar-refractivity contribution in [3.05, 3.63) is 34.3 Å². The lowest BCUT2D eigenvalue weighted by atomic mass is 10.0. The van der Waals surface area contributed by atoms with E-state index in [0.717, 1.165) is 57.5 Å². The van der Waals surface area contributed by atoms with Gasteiger partial charge in [-0.25, -0.2) is 4.79 Å². The first-order valence-corrected chi connectivity index (χ1v) is 9.42. The highest BCUT2D eigenvalue weighted by Gasteiger charge is 2.24. The molecule has 1 aromatic heterocycles. The summed E-state index contributed by atoms with van der Waals surface area (Å²) in [4.78, 5) is 28.4. The van der Waals surface area contributed by atoms with Gasteiger partial charge in [0.05, 0.1) is 18.0 Å². The van der Waals surface area contributed by atoms with Crippen molar-refractivity contribution in [3.63, 3.8) is 0 Å². The third-order valence-electron chi connectivity index (χ3n) is 5.34. The van der Waals surface area contributed by atoms with Gasteiger partial charge in [-0.15, -0.1) is 0 Å². The summed E-state index contributed by atoms with van der Waals surface area (Å²) in [5, 5.41) is 3.59. The van der Waals surface area contributed by atoms with Gasteiger partial charge in [0.1, 0.15) is 0 Å². The van der Waals surface area contributed by atoms with E-state index in [0.29, 0.717) is 29.7 Å². The van der Waals surface area contributed by atoms with Gasteiger partial charge < -0.3 is 19.4 Å². The smallest absolute Gasteiger partial charge is 0.408 e. The van der Waals surface area contributed by atoms with E-state index in [1.165, 1.54) is 0 Å². The molecule has 7 heteroatoms. The van der Waals surface area contributed by atoms with Gasteiger partial charge in [0.2, 0.25) is 5.91 Å². The maximum atomic E-state index is 12.6. The van der Waals surface area contributed by atoms with E-state index < -0.39 is 5.76 Å².